The van der Waals surface area contributed by atoms with Gasteiger partial charge in [0, 0.05) is 11.1 Å². The van der Waals surface area contributed by atoms with E-state index in [1.165, 1.54) is 0 Å². The molecule has 0 radical (unpaired) electrons. The molecule has 0 aliphatic carbocycles. The third-order valence-corrected chi connectivity index (χ3v) is 4.68. The van der Waals surface area contributed by atoms with Crippen LogP contribution in [0, 0.1) is 11.6 Å². The van der Waals surface area contributed by atoms with Crippen LogP contribution in [0.2, 0.25) is 0 Å². The average molecular weight is 459 g/mol. The zero-order chi connectivity index (χ0) is 18.3. The number of ketones is 1. The van der Waals surface area contributed by atoms with Gasteiger partial charge in [-0.25, -0.2) is 8.78 Å². The SMILES string of the molecule is O=C(c1ccc(F)c(S(=O)(=O)O)c1)c1ccc(F)c(S(=O)(=O)O)c1.[H-].[H-].[K+].[K+]. The summed E-state index contributed by atoms with van der Waals surface area (Å²) in [6.07, 6.45) is 0. The maximum atomic E-state index is 13.4. The first-order valence-electron chi connectivity index (χ1n) is 6.00. The number of rotatable bonds is 4. The van der Waals surface area contributed by atoms with Gasteiger partial charge in [-0.05, 0) is 36.4 Å². The largest absolute Gasteiger partial charge is 1.00 e. The third kappa shape index (κ3) is 6.55. The van der Waals surface area contributed by atoms with E-state index in [0.29, 0.717) is 24.3 Å². The van der Waals surface area contributed by atoms with E-state index in [-0.39, 0.29) is 106 Å². The topological polar surface area (TPSA) is 126 Å². The molecule has 0 bridgehead atoms. The molecule has 0 atom stereocenters. The number of halogens is 2. The normalized spacial score (nSPS) is 11.2. The van der Waals surface area contributed by atoms with Gasteiger partial charge >= 0.3 is 103 Å². The molecule has 0 aliphatic rings. The molecule has 0 saturated heterocycles. The van der Waals surface area contributed by atoms with Crippen LogP contribution in [0.5, 0.6) is 0 Å². The third-order valence-electron chi connectivity index (χ3n) is 2.94. The summed E-state index contributed by atoms with van der Waals surface area (Å²) in [5.74, 6) is -3.58. The predicted molar refractivity (Wildman–Crippen MR) is 78.1 cm³/mol. The Morgan fingerprint density at radius 1 is 0.769 bits per heavy atom. The van der Waals surface area contributed by atoms with Crippen molar-refractivity contribution in [2.45, 2.75) is 9.79 Å². The number of benzene rings is 2. The molecular weight excluding hydrogens is 448 g/mol. The van der Waals surface area contributed by atoms with Crippen LogP contribution in [0.1, 0.15) is 18.8 Å². The summed E-state index contributed by atoms with van der Waals surface area (Å²) in [5.41, 5.74) is -0.811. The van der Waals surface area contributed by atoms with Gasteiger partial charge in [0.1, 0.15) is 21.4 Å². The molecule has 0 spiro atoms. The van der Waals surface area contributed by atoms with E-state index in [9.17, 15) is 30.4 Å². The summed E-state index contributed by atoms with van der Waals surface area (Å²) < 4.78 is 88.7. The minimum atomic E-state index is -4.93. The Hall–Kier alpha value is 1.06. The molecule has 13 heteroatoms. The van der Waals surface area contributed by atoms with Crippen LogP contribution in [-0.2, 0) is 20.2 Å². The number of carbonyl (C=O) groups is 1. The van der Waals surface area contributed by atoms with Gasteiger partial charge in [-0.1, -0.05) is 0 Å². The first-order chi connectivity index (χ1) is 10.9. The first-order valence-corrected chi connectivity index (χ1v) is 8.88. The predicted octanol–water partition coefficient (Wildman–Crippen LogP) is -4.08. The van der Waals surface area contributed by atoms with E-state index in [2.05, 4.69) is 0 Å². The van der Waals surface area contributed by atoms with Gasteiger partial charge in [-0.15, -0.1) is 0 Å². The Morgan fingerprint density at radius 3 is 1.35 bits per heavy atom. The molecule has 0 heterocycles. The minimum Gasteiger partial charge on any atom is -1.00 e. The second kappa shape index (κ2) is 10.2. The molecule has 2 rings (SSSR count). The summed E-state index contributed by atoms with van der Waals surface area (Å²) in [4.78, 5) is 9.93. The van der Waals surface area contributed by atoms with Crippen molar-refractivity contribution in [3.63, 3.8) is 0 Å². The maximum Gasteiger partial charge on any atom is 1.00 e. The van der Waals surface area contributed by atoms with Gasteiger partial charge in [-0.3, -0.25) is 13.9 Å². The Labute approximate surface area is 235 Å². The second-order valence-corrected chi connectivity index (χ2v) is 7.35. The van der Waals surface area contributed by atoms with Crippen molar-refractivity contribution in [2.75, 3.05) is 0 Å². The van der Waals surface area contributed by atoms with Crippen LogP contribution in [0.15, 0.2) is 46.2 Å². The molecule has 0 aromatic heterocycles. The average Bonchev–Trinajstić information content (AvgIpc) is 2.45. The van der Waals surface area contributed by atoms with E-state index in [0.717, 1.165) is 12.1 Å². The molecule has 2 N–H and O–H groups in total. The van der Waals surface area contributed by atoms with Gasteiger partial charge in [0.25, 0.3) is 20.2 Å². The number of carbonyl (C=O) groups excluding carboxylic acids is 1. The molecule has 2 aromatic rings. The van der Waals surface area contributed by atoms with E-state index in [4.69, 9.17) is 9.11 Å². The fourth-order valence-corrected chi connectivity index (χ4v) is 3.03. The smallest absolute Gasteiger partial charge is 1.00 e. The Balaban J connectivity index is -0.00000156. The summed E-state index contributed by atoms with van der Waals surface area (Å²) in [5, 5.41) is 0. The molecule has 0 amide bonds. The van der Waals surface area contributed by atoms with E-state index in [1.807, 2.05) is 0 Å². The minimum absolute atomic E-state index is 0. The quantitative estimate of drug-likeness (QED) is 0.271. The maximum absolute atomic E-state index is 13.4. The van der Waals surface area contributed by atoms with Crippen molar-refractivity contribution in [3.8, 4) is 0 Å². The van der Waals surface area contributed by atoms with Gasteiger partial charge < -0.3 is 2.85 Å². The van der Waals surface area contributed by atoms with Crippen molar-refractivity contribution in [3.05, 3.63) is 59.2 Å². The number of hydrogen-bond donors (Lipinski definition) is 2. The zero-order valence-corrected chi connectivity index (χ0v) is 21.4. The van der Waals surface area contributed by atoms with Crippen LogP contribution in [0.4, 0.5) is 8.78 Å². The summed E-state index contributed by atoms with van der Waals surface area (Å²) in [6, 6.07) is 4.10. The van der Waals surface area contributed by atoms with Crippen molar-refractivity contribution >= 4 is 26.0 Å². The molecule has 26 heavy (non-hydrogen) atoms. The van der Waals surface area contributed by atoms with Gasteiger partial charge in [0.15, 0.2) is 5.78 Å². The van der Waals surface area contributed by atoms with Crippen molar-refractivity contribution in [1.29, 1.82) is 0 Å². The van der Waals surface area contributed by atoms with Crippen molar-refractivity contribution < 1.29 is 145 Å². The van der Waals surface area contributed by atoms with Crippen LogP contribution >= 0.6 is 0 Å². The van der Waals surface area contributed by atoms with Gasteiger partial charge in [0.2, 0.25) is 0 Å². The molecule has 0 fully saturated rings. The summed E-state index contributed by atoms with van der Waals surface area (Å²) in [6.45, 7) is 0. The molecule has 0 aliphatic heterocycles. The number of hydrogen-bond acceptors (Lipinski definition) is 5. The van der Waals surface area contributed by atoms with Crippen LogP contribution in [0.25, 0.3) is 0 Å². The van der Waals surface area contributed by atoms with Gasteiger partial charge in [0.05, 0.1) is 0 Å². The van der Waals surface area contributed by atoms with Crippen LogP contribution in [0.3, 0.4) is 0 Å². The molecule has 132 valence electrons. The summed E-state index contributed by atoms with van der Waals surface area (Å²) in [7, 11) is -9.87. The van der Waals surface area contributed by atoms with E-state index in [1.54, 1.807) is 0 Å². The van der Waals surface area contributed by atoms with Crippen LogP contribution in [-0.4, -0.2) is 31.7 Å². The standard InChI is InChI=1S/C13H8F2O7S2.2K.2H/c14-9-3-1-7(5-11(9)23(17,18)19)13(16)8-2-4-10(15)12(6-8)24(20,21)22;;;;/h1-6H,(H,17,18,19)(H,20,21,22);;;;/q;2*+1;2*-1. The van der Waals surface area contributed by atoms with E-state index >= 15 is 0 Å². The molecule has 7 nitrogen and oxygen atoms in total. The van der Waals surface area contributed by atoms with Crippen molar-refractivity contribution in [1.82, 2.24) is 0 Å². The van der Waals surface area contributed by atoms with E-state index < -0.39 is 58.6 Å². The zero-order valence-electron chi connectivity index (χ0n) is 15.5. The molecule has 0 saturated carbocycles. The molecule has 0 unspecified atom stereocenters. The Kier molecular flexibility index (Phi) is 10.6. The Morgan fingerprint density at radius 2 is 1.08 bits per heavy atom. The van der Waals surface area contributed by atoms with Gasteiger partial charge in [-0.2, -0.15) is 16.8 Å². The van der Waals surface area contributed by atoms with Crippen molar-refractivity contribution in [2.24, 2.45) is 0 Å². The molecular formula is C13H10F2K2O7S2. The Bertz CT molecular complexity index is 981. The molecule has 2 aromatic carbocycles. The second-order valence-electron chi connectivity index (χ2n) is 4.57. The van der Waals surface area contributed by atoms with Crippen LogP contribution < -0.4 is 103 Å². The first kappa shape index (κ1) is 27.1. The fourth-order valence-electron chi connectivity index (χ4n) is 1.85. The fraction of sp³-hybridized carbons (Fsp3) is 0. The summed E-state index contributed by atoms with van der Waals surface area (Å²) >= 11 is 0. The monoisotopic (exact) mass is 458 g/mol.